The lowest BCUT2D eigenvalue weighted by Crippen LogP contribution is -2.10. The van der Waals surface area contributed by atoms with Gasteiger partial charge in [0.15, 0.2) is 0 Å². The SMILES string of the molecule is c1ccc(N(c2ccc3c(c2)Sc2cccc4c2c-3cc2ccc(N(c3ccccc3)c3ccccc3)cc24)c2ccc3ccccc3c2)cc1. The monoisotopic (exact) mass is 668 g/mol. The van der Waals surface area contributed by atoms with Gasteiger partial charge in [0.25, 0.3) is 0 Å². The lowest BCUT2D eigenvalue weighted by atomic mass is 9.92. The number of rotatable bonds is 6. The maximum atomic E-state index is 2.40. The summed E-state index contributed by atoms with van der Waals surface area (Å²) in [5, 5.41) is 7.59. The average Bonchev–Trinajstić information content (AvgIpc) is 3.19. The van der Waals surface area contributed by atoms with Crippen LogP contribution in [0.15, 0.2) is 204 Å². The van der Waals surface area contributed by atoms with Crippen LogP contribution in [0, 0.1) is 0 Å². The lowest BCUT2D eigenvalue weighted by Gasteiger charge is -2.28. The van der Waals surface area contributed by atoms with Crippen LogP contribution >= 0.6 is 11.8 Å². The zero-order valence-corrected chi connectivity index (χ0v) is 28.6. The molecule has 0 radical (unpaired) electrons. The van der Waals surface area contributed by atoms with Crippen LogP contribution in [0.5, 0.6) is 0 Å². The molecule has 0 N–H and O–H groups in total. The Labute approximate surface area is 301 Å². The van der Waals surface area contributed by atoms with E-state index in [-0.39, 0.29) is 0 Å². The van der Waals surface area contributed by atoms with Crippen molar-refractivity contribution in [3.63, 3.8) is 0 Å². The molecule has 0 saturated heterocycles. The Balaban J connectivity index is 1.11. The molecule has 1 heterocycles. The van der Waals surface area contributed by atoms with Crippen molar-refractivity contribution in [1.29, 1.82) is 0 Å². The van der Waals surface area contributed by atoms with E-state index in [4.69, 9.17) is 0 Å². The van der Waals surface area contributed by atoms with E-state index in [9.17, 15) is 0 Å². The summed E-state index contributed by atoms with van der Waals surface area (Å²) < 4.78 is 0. The molecule has 240 valence electrons. The van der Waals surface area contributed by atoms with E-state index in [1.165, 1.54) is 53.2 Å². The second kappa shape index (κ2) is 12.2. The number of anilines is 6. The highest BCUT2D eigenvalue weighted by Gasteiger charge is 2.24. The standard InChI is InChI=1S/C48H32N2S/c1-4-15-36(16-5-1)49(37-17-6-2-7-18-37)40-26-24-35-30-45-42-28-27-41(32-47(42)51-46-22-12-21-43(48(45)46)44(35)31-40)50(38-19-8-3-9-20-38)39-25-23-33-13-10-11-14-34(33)29-39/h1-32H. The molecule has 51 heavy (non-hydrogen) atoms. The van der Waals surface area contributed by atoms with Gasteiger partial charge in [-0.15, -0.1) is 0 Å². The molecular formula is C48H32N2S. The third-order valence-corrected chi connectivity index (χ3v) is 11.1. The maximum Gasteiger partial charge on any atom is 0.0473 e. The summed E-state index contributed by atoms with van der Waals surface area (Å²) in [4.78, 5) is 7.27. The summed E-state index contributed by atoms with van der Waals surface area (Å²) >= 11 is 1.88. The highest BCUT2D eigenvalue weighted by Crippen LogP contribution is 2.52. The van der Waals surface area contributed by atoms with Crippen LogP contribution < -0.4 is 9.80 Å². The zero-order valence-electron chi connectivity index (χ0n) is 27.8. The topological polar surface area (TPSA) is 6.48 Å². The first-order valence-corrected chi connectivity index (χ1v) is 18.2. The molecule has 0 spiro atoms. The minimum Gasteiger partial charge on any atom is -0.310 e. The number of nitrogens with zero attached hydrogens (tertiary/aromatic N) is 2. The van der Waals surface area contributed by atoms with E-state index < -0.39 is 0 Å². The van der Waals surface area contributed by atoms with Gasteiger partial charge in [0.05, 0.1) is 0 Å². The molecule has 0 bridgehead atoms. The summed E-state index contributed by atoms with van der Waals surface area (Å²) in [6.45, 7) is 0. The molecular weight excluding hydrogens is 637 g/mol. The fraction of sp³-hybridized carbons (Fsp3) is 0. The van der Waals surface area contributed by atoms with Crippen LogP contribution in [0.3, 0.4) is 0 Å². The van der Waals surface area contributed by atoms with Gasteiger partial charge in [-0.25, -0.2) is 0 Å². The fourth-order valence-electron chi connectivity index (χ4n) is 7.62. The Morgan fingerprint density at radius 3 is 1.53 bits per heavy atom. The molecule has 0 unspecified atom stereocenters. The predicted octanol–water partition coefficient (Wildman–Crippen LogP) is 14.2. The maximum absolute atomic E-state index is 2.40. The van der Waals surface area contributed by atoms with Crippen LogP contribution in [-0.2, 0) is 0 Å². The Bertz CT molecular complexity index is 2690. The molecule has 9 aromatic rings. The summed E-state index contributed by atoms with van der Waals surface area (Å²) in [6, 6.07) is 70.4. The Morgan fingerprint density at radius 1 is 0.294 bits per heavy atom. The first kappa shape index (κ1) is 29.6. The van der Waals surface area contributed by atoms with Crippen molar-refractivity contribution in [1.82, 2.24) is 0 Å². The molecule has 3 heteroatoms. The highest BCUT2D eigenvalue weighted by molar-refractivity contribution is 7.99. The molecule has 0 fully saturated rings. The van der Waals surface area contributed by atoms with Gasteiger partial charge in [0.2, 0.25) is 0 Å². The smallest absolute Gasteiger partial charge is 0.0473 e. The second-order valence-electron chi connectivity index (χ2n) is 13.0. The third-order valence-electron chi connectivity index (χ3n) is 9.95. The van der Waals surface area contributed by atoms with Crippen LogP contribution in [0.25, 0.3) is 43.4 Å². The van der Waals surface area contributed by atoms with Gasteiger partial charge >= 0.3 is 0 Å². The fourth-order valence-corrected chi connectivity index (χ4v) is 8.79. The van der Waals surface area contributed by atoms with Crippen LogP contribution in [0.2, 0.25) is 0 Å². The van der Waals surface area contributed by atoms with Gasteiger partial charge in [-0.1, -0.05) is 121 Å². The van der Waals surface area contributed by atoms with E-state index in [2.05, 4.69) is 204 Å². The first-order valence-electron chi connectivity index (χ1n) is 17.3. The van der Waals surface area contributed by atoms with Crippen molar-refractivity contribution in [3.05, 3.63) is 194 Å². The van der Waals surface area contributed by atoms with Gasteiger partial charge in [-0.3, -0.25) is 0 Å². The number of para-hydroxylation sites is 3. The van der Waals surface area contributed by atoms with Gasteiger partial charge < -0.3 is 9.80 Å². The lowest BCUT2D eigenvalue weighted by molar-refractivity contribution is 1.26. The number of hydrogen-bond donors (Lipinski definition) is 0. The van der Waals surface area contributed by atoms with Crippen LogP contribution in [0.1, 0.15) is 0 Å². The summed E-state index contributed by atoms with van der Waals surface area (Å²) in [5.41, 5.74) is 9.41. The van der Waals surface area contributed by atoms with E-state index >= 15 is 0 Å². The van der Waals surface area contributed by atoms with Crippen molar-refractivity contribution in [2.45, 2.75) is 9.79 Å². The van der Waals surface area contributed by atoms with Crippen molar-refractivity contribution in [2.75, 3.05) is 9.80 Å². The van der Waals surface area contributed by atoms with Crippen LogP contribution in [-0.4, -0.2) is 0 Å². The van der Waals surface area contributed by atoms with Gasteiger partial charge in [-0.2, -0.15) is 0 Å². The average molecular weight is 669 g/mol. The third kappa shape index (κ3) is 5.13. The number of hydrogen-bond acceptors (Lipinski definition) is 3. The Hall–Kier alpha value is -6.29. The van der Waals surface area contributed by atoms with Gasteiger partial charge in [0.1, 0.15) is 0 Å². The first-order chi connectivity index (χ1) is 25.3. The molecule has 2 nitrogen and oxygen atoms in total. The number of fused-ring (bicyclic) bond motifs is 5. The van der Waals surface area contributed by atoms with E-state index in [1.807, 2.05) is 11.8 Å². The van der Waals surface area contributed by atoms with Gasteiger partial charge in [0, 0.05) is 49.3 Å². The summed E-state index contributed by atoms with van der Waals surface area (Å²) in [6.07, 6.45) is 0. The predicted molar refractivity (Wildman–Crippen MR) is 218 cm³/mol. The quantitative estimate of drug-likeness (QED) is 0.163. The number of benzene rings is 9. The zero-order chi connectivity index (χ0) is 33.7. The second-order valence-corrected chi connectivity index (χ2v) is 14.1. The summed E-state index contributed by atoms with van der Waals surface area (Å²) in [7, 11) is 0. The molecule has 1 aliphatic heterocycles. The van der Waals surface area contributed by atoms with E-state index in [0.717, 1.165) is 34.1 Å². The minimum absolute atomic E-state index is 1.14. The molecule has 0 aromatic heterocycles. The van der Waals surface area contributed by atoms with E-state index in [1.54, 1.807) is 0 Å². The summed E-state index contributed by atoms with van der Waals surface area (Å²) in [5.74, 6) is 0. The Kier molecular flexibility index (Phi) is 7.11. The van der Waals surface area contributed by atoms with Crippen molar-refractivity contribution in [2.24, 2.45) is 0 Å². The van der Waals surface area contributed by atoms with Crippen LogP contribution in [0.4, 0.5) is 34.1 Å². The molecule has 9 aromatic carbocycles. The normalized spacial score (nSPS) is 11.8. The molecule has 1 aliphatic rings. The Morgan fingerprint density at radius 2 is 0.843 bits per heavy atom. The van der Waals surface area contributed by atoms with Gasteiger partial charge in [-0.05, 0) is 123 Å². The highest BCUT2D eigenvalue weighted by atomic mass is 32.2. The molecule has 10 rings (SSSR count). The van der Waals surface area contributed by atoms with Crippen molar-refractivity contribution >= 4 is 78.2 Å². The molecule has 0 saturated carbocycles. The minimum atomic E-state index is 1.14. The van der Waals surface area contributed by atoms with E-state index in [0.29, 0.717) is 0 Å². The molecule has 0 atom stereocenters. The van der Waals surface area contributed by atoms with Crippen molar-refractivity contribution < 1.29 is 0 Å². The van der Waals surface area contributed by atoms with Crippen molar-refractivity contribution in [3.8, 4) is 11.1 Å². The molecule has 0 amide bonds. The molecule has 0 aliphatic carbocycles. The largest absolute Gasteiger partial charge is 0.310 e.